The van der Waals surface area contributed by atoms with Crippen molar-refractivity contribution in [3.8, 4) is 5.75 Å². The summed E-state index contributed by atoms with van der Waals surface area (Å²) in [6.45, 7) is 0. The molecule has 2 amide bonds. The number of hydrogen-bond acceptors (Lipinski definition) is 4. The van der Waals surface area contributed by atoms with Crippen LogP contribution in [0.1, 0.15) is 22.2 Å². The normalized spacial score (nSPS) is 16.3. The van der Waals surface area contributed by atoms with Crippen LogP contribution in [0, 0.1) is 0 Å². The Morgan fingerprint density at radius 3 is 2.52 bits per heavy atom. The molecule has 0 saturated carbocycles. The second-order valence-corrected chi connectivity index (χ2v) is 9.80. The van der Waals surface area contributed by atoms with Crippen LogP contribution in [0.4, 0.5) is 4.79 Å². The highest BCUT2D eigenvalue weighted by atomic mass is 79.9. The average molecular weight is 557 g/mol. The minimum Gasteiger partial charge on any atom is -0.506 e. The van der Waals surface area contributed by atoms with Crippen molar-refractivity contribution in [1.82, 2.24) is 15.6 Å². The monoisotopic (exact) mass is 555 g/mol. The van der Waals surface area contributed by atoms with Crippen LogP contribution in [0.5, 0.6) is 5.75 Å². The lowest BCUT2D eigenvalue weighted by molar-refractivity contribution is 0.242. The van der Waals surface area contributed by atoms with E-state index in [1.54, 1.807) is 17.4 Å². The Morgan fingerprint density at radius 2 is 1.74 bits per heavy atom. The van der Waals surface area contributed by atoms with Crippen molar-refractivity contribution in [3.05, 3.63) is 91.8 Å². The molecule has 154 valence electrons. The zero-order valence-electron chi connectivity index (χ0n) is 15.9. The van der Waals surface area contributed by atoms with Gasteiger partial charge in [-0.25, -0.2) is 9.78 Å². The summed E-state index contributed by atoms with van der Waals surface area (Å²) in [5, 5.41) is 17.6. The van der Waals surface area contributed by atoms with Gasteiger partial charge in [-0.3, -0.25) is 0 Å². The van der Waals surface area contributed by atoms with E-state index in [1.165, 1.54) is 0 Å². The number of thiazole rings is 1. The number of carbonyl (C=O) groups excluding carboxylic acids is 1. The van der Waals surface area contributed by atoms with Crippen LogP contribution in [0.2, 0.25) is 0 Å². The van der Waals surface area contributed by atoms with Gasteiger partial charge in [-0.15, -0.1) is 11.3 Å². The maximum absolute atomic E-state index is 12.7. The van der Waals surface area contributed by atoms with Gasteiger partial charge >= 0.3 is 6.03 Å². The van der Waals surface area contributed by atoms with Gasteiger partial charge in [-0.1, -0.05) is 58.4 Å². The van der Waals surface area contributed by atoms with Crippen LogP contribution >= 0.6 is 43.2 Å². The molecule has 8 heteroatoms. The van der Waals surface area contributed by atoms with E-state index in [2.05, 4.69) is 42.5 Å². The Kier molecular flexibility index (Phi) is 5.29. The number of nitrogens with zero attached hydrogens (tertiary/aromatic N) is 1. The first-order chi connectivity index (χ1) is 15.0. The predicted octanol–water partition coefficient (Wildman–Crippen LogP) is 6.45. The number of benzene rings is 3. The quantitative estimate of drug-likeness (QED) is 0.271. The fraction of sp³-hybridized carbons (Fsp3) is 0.0435. The maximum atomic E-state index is 12.7. The molecular formula is C23H15Br2N3O2S. The molecule has 0 bridgehead atoms. The molecule has 5 nitrogen and oxygen atoms in total. The third-order valence-corrected chi connectivity index (χ3v) is 7.16. The molecule has 1 aliphatic rings. The summed E-state index contributed by atoms with van der Waals surface area (Å²) >= 11 is 8.45. The molecule has 1 aliphatic heterocycles. The highest BCUT2D eigenvalue weighted by molar-refractivity contribution is 9.11. The van der Waals surface area contributed by atoms with Crippen molar-refractivity contribution in [2.45, 2.75) is 6.04 Å². The summed E-state index contributed by atoms with van der Waals surface area (Å²) in [5.41, 5.74) is 3.79. The molecule has 4 aromatic rings. The molecular weight excluding hydrogens is 542 g/mol. The number of phenolic OH excluding ortho intramolecular Hbond substituents is 1. The van der Waals surface area contributed by atoms with Crippen molar-refractivity contribution in [2.24, 2.45) is 0 Å². The number of halogens is 2. The summed E-state index contributed by atoms with van der Waals surface area (Å²) in [6, 6.07) is 20.2. The van der Waals surface area contributed by atoms with E-state index in [-0.39, 0.29) is 11.8 Å². The lowest BCUT2D eigenvalue weighted by Crippen LogP contribution is -2.43. The maximum Gasteiger partial charge on any atom is 0.320 e. The van der Waals surface area contributed by atoms with E-state index in [0.717, 1.165) is 30.8 Å². The highest BCUT2D eigenvalue weighted by Crippen LogP contribution is 2.45. The molecule has 2 heterocycles. The van der Waals surface area contributed by atoms with Crippen LogP contribution in [0.3, 0.4) is 0 Å². The average Bonchev–Trinajstić information content (AvgIpc) is 3.20. The molecule has 0 fully saturated rings. The number of phenols is 1. The van der Waals surface area contributed by atoms with Crippen LogP contribution in [-0.4, -0.2) is 16.1 Å². The first kappa shape index (κ1) is 20.2. The molecule has 5 rings (SSSR count). The van der Waals surface area contributed by atoms with E-state index in [1.807, 2.05) is 60.7 Å². The van der Waals surface area contributed by atoms with Gasteiger partial charge in [0.2, 0.25) is 0 Å². The number of amides is 2. The van der Waals surface area contributed by atoms with Crippen molar-refractivity contribution in [2.75, 3.05) is 0 Å². The van der Waals surface area contributed by atoms with Gasteiger partial charge in [0.1, 0.15) is 10.8 Å². The minimum absolute atomic E-state index is 0.0708. The first-order valence-electron chi connectivity index (χ1n) is 9.42. The van der Waals surface area contributed by atoms with E-state index >= 15 is 0 Å². The van der Waals surface area contributed by atoms with E-state index in [4.69, 9.17) is 4.98 Å². The fourth-order valence-electron chi connectivity index (χ4n) is 3.65. The Balaban J connectivity index is 1.81. The first-order valence-corrected chi connectivity index (χ1v) is 11.8. The molecule has 1 aromatic heterocycles. The molecule has 31 heavy (non-hydrogen) atoms. The summed E-state index contributed by atoms with van der Waals surface area (Å²) in [7, 11) is 0. The van der Waals surface area contributed by atoms with Gasteiger partial charge in [0.15, 0.2) is 0 Å². The van der Waals surface area contributed by atoms with Crippen LogP contribution in [-0.2, 0) is 0 Å². The van der Waals surface area contributed by atoms with Crippen LogP contribution in [0.15, 0.2) is 75.7 Å². The Labute approximate surface area is 199 Å². The zero-order valence-corrected chi connectivity index (χ0v) is 19.9. The Morgan fingerprint density at radius 1 is 1.00 bits per heavy atom. The Hall–Kier alpha value is -2.68. The van der Waals surface area contributed by atoms with Crippen molar-refractivity contribution in [3.63, 3.8) is 0 Å². The molecule has 3 N–H and O–H groups in total. The number of hydrogen-bond donors (Lipinski definition) is 3. The molecule has 0 saturated heterocycles. The van der Waals surface area contributed by atoms with E-state index < -0.39 is 6.04 Å². The topological polar surface area (TPSA) is 74.2 Å². The number of carbonyl (C=O) groups is 1. The number of aromatic hydroxyl groups is 1. The third kappa shape index (κ3) is 3.75. The second-order valence-electron chi connectivity index (χ2n) is 7.00. The zero-order chi connectivity index (χ0) is 21.5. The molecule has 0 aliphatic carbocycles. The van der Waals surface area contributed by atoms with Crippen molar-refractivity contribution in [1.29, 1.82) is 0 Å². The second kappa shape index (κ2) is 8.11. The van der Waals surface area contributed by atoms with Gasteiger partial charge in [0.25, 0.3) is 0 Å². The lowest BCUT2D eigenvalue weighted by Gasteiger charge is -2.30. The number of rotatable bonds is 3. The summed E-state index contributed by atoms with van der Waals surface area (Å²) < 4.78 is 2.37. The SMILES string of the molecule is O=C1NC(c2ccccc2)=C(c2nc3ccccc3s2)[C@@H](c2cc(Br)cc(Br)c2O)N1. The van der Waals surface area contributed by atoms with Gasteiger partial charge in [-0.05, 0) is 45.8 Å². The van der Waals surface area contributed by atoms with Crippen LogP contribution in [0.25, 0.3) is 21.5 Å². The molecule has 1 atom stereocenters. The number of urea groups is 1. The number of fused-ring (bicyclic) bond motifs is 1. The number of nitrogens with one attached hydrogen (secondary N) is 2. The Bertz CT molecular complexity index is 1320. The smallest absolute Gasteiger partial charge is 0.320 e. The third-order valence-electron chi connectivity index (χ3n) is 5.03. The van der Waals surface area contributed by atoms with Gasteiger partial charge < -0.3 is 15.7 Å². The summed E-state index contributed by atoms with van der Waals surface area (Å²) in [4.78, 5) is 17.5. The van der Waals surface area contributed by atoms with Gasteiger partial charge in [0, 0.05) is 15.6 Å². The van der Waals surface area contributed by atoms with E-state index in [0.29, 0.717) is 15.7 Å². The minimum atomic E-state index is -0.599. The molecule has 3 aromatic carbocycles. The standard InChI is InChI=1S/C23H15Br2N3O2S/c24-13-10-14(21(29)15(25)11-13)20-18(22-26-16-8-4-5-9-17(16)31-22)19(27-23(30)28-20)12-6-2-1-3-7-12/h1-11,20,29H,(H2,27,28,30)/t20-/m1/s1. The van der Waals surface area contributed by atoms with Gasteiger partial charge in [-0.2, -0.15) is 0 Å². The lowest BCUT2D eigenvalue weighted by atomic mass is 9.92. The summed E-state index contributed by atoms with van der Waals surface area (Å²) in [5.74, 6) is 0.0708. The highest BCUT2D eigenvalue weighted by Gasteiger charge is 2.34. The molecule has 0 unspecified atom stereocenters. The number of aromatic nitrogens is 1. The van der Waals surface area contributed by atoms with Crippen LogP contribution < -0.4 is 10.6 Å². The van der Waals surface area contributed by atoms with Gasteiger partial charge in [0.05, 0.1) is 26.4 Å². The molecule has 0 spiro atoms. The number of para-hydroxylation sites is 1. The molecule has 0 radical (unpaired) electrons. The van der Waals surface area contributed by atoms with E-state index in [9.17, 15) is 9.90 Å². The predicted molar refractivity (Wildman–Crippen MR) is 131 cm³/mol. The fourth-order valence-corrected chi connectivity index (χ4v) is 5.96. The largest absolute Gasteiger partial charge is 0.506 e. The van der Waals surface area contributed by atoms with Crippen molar-refractivity contribution < 1.29 is 9.90 Å². The van der Waals surface area contributed by atoms with Crippen molar-refractivity contribution >= 4 is 70.7 Å². The summed E-state index contributed by atoms with van der Waals surface area (Å²) in [6.07, 6.45) is 0.